The third-order valence-electron chi connectivity index (χ3n) is 5.64. The quantitative estimate of drug-likeness (QED) is 0.151. The fraction of sp³-hybridized carbons (Fsp3) is 0.179. The highest BCUT2D eigenvalue weighted by atomic mass is 79.9. The second-order valence-electron chi connectivity index (χ2n) is 8.51. The van der Waals surface area contributed by atoms with Gasteiger partial charge in [0.15, 0.2) is 0 Å². The summed E-state index contributed by atoms with van der Waals surface area (Å²) in [5.74, 6) is -1.30. The Labute approximate surface area is 237 Å². The van der Waals surface area contributed by atoms with Gasteiger partial charge in [0.25, 0.3) is 5.91 Å². The number of ether oxygens (including phenoxy) is 1. The van der Waals surface area contributed by atoms with Gasteiger partial charge in [-0.1, -0.05) is 59.3 Å². The number of nitrogens with one attached hydrogen (secondary N) is 2. The van der Waals surface area contributed by atoms with Crippen LogP contribution in [0.3, 0.4) is 0 Å². The number of imide groups is 1. The van der Waals surface area contributed by atoms with E-state index in [1.807, 2.05) is 6.92 Å². The molecular formula is C28H27Br2N3O5. The summed E-state index contributed by atoms with van der Waals surface area (Å²) in [6, 6.07) is 18.6. The highest BCUT2D eigenvalue weighted by Gasteiger charge is 2.28. The van der Waals surface area contributed by atoms with Gasteiger partial charge in [-0.2, -0.15) is 0 Å². The number of benzene rings is 3. The number of alkyl carbamates (subject to hydrolysis) is 1. The molecule has 8 nitrogen and oxygen atoms in total. The number of allylic oxidation sites excluding steroid dienone is 1. The first-order valence-corrected chi connectivity index (χ1v) is 13.3. The molecule has 0 heterocycles. The largest absolute Gasteiger partial charge is 0.506 e. The summed E-state index contributed by atoms with van der Waals surface area (Å²) in [5, 5.41) is 15.6. The zero-order valence-electron chi connectivity index (χ0n) is 20.5. The Balaban J connectivity index is 1.69. The number of phenols is 1. The Morgan fingerprint density at radius 3 is 2.45 bits per heavy atom. The molecule has 3 rings (SSSR count). The lowest BCUT2D eigenvalue weighted by molar-refractivity contribution is -0.111. The van der Waals surface area contributed by atoms with Gasteiger partial charge in [-0.3, -0.25) is 14.9 Å². The van der Waals surface area contributed by atoms with Crippen LogP contribution in [0.4, 0.5) is 16.2 Å². The van der Waals surface area contributed by atoms with Crippen LogP contribution in [-0.4, -0.2) is 23.0 Å². The number of hydrogen-bond donors (Lipinski definition) is 4. The van der Waals surface area contributed by atoms with Gasteiger partial charge in [0, 0.05) is 15.6 Å². The van der Waals surface area contributed by atoms with Crippen molar-refractivity contribution in [2.24, 2.45) is 5.92 Å². The van der Waals surface area contributed by atoms with E-state index in [2.05, 4.69) is 42.5 Å². The molecule has 3 aromatic rings. The number of carbonyl (C=O) groups excluding carboxylic acids is 3. The van der Waals surface area contributed by atoms with E-state index < -0.39 is 18.1 Å². The molecule has 3 amide bonds. The number of hydrogen-bond acceptors (Lipinski definition) is 6. The van der Waals surface area contributed by atoms with Crippen LogP contribution in [0.15, 0.2) is 87.8 Å². The lowest BCUT2D eigenvalue weighted by atomic mass is 9.92. The summed E-state index contributed by atoms with van der Waals surface area (Å²) in [6.07, 6.45) is 2.27. The van der Waals surface area contributed by atoms with Crippen LogP contribution < -0.4 is 16.4 Å². The first-order valence-electron chi connectivity index (χ1n) is 11.7. The Morgan fingerprint density at radius 2 is 1.74 bits per heavy atom. The predicted octanol–water partition coefficient (Wildman–Crippen LogP) is 6.72. The molecule has 0 aliphatic heterocycles. The van der Waals surface area contributed by atoms with Crippen LogP contribution in [-0.2, 0) is 9.53 Å². The minimum Gasteiger partial charge on any atom is -0.506 e. The molecule has 10 heteroatoms. The van der Waals surface area contributed by atoms with E-state index in [0.717, 1.165) is 0 Å². The number of nitrogen functional groups attached to an aromatic ring is 1. The molecule has 0 aromatic heterocycles. The second-order valence-corrected chi connectivity index (χ2v) is 10.3. The molecule has 0 aliphatic rings. The van der Waals surface area contributed by atoms with Gasteiger partial charge < -0.3 is 20.9 Å². The van der Waals surface area contributed by atoms with Crippen molar-refractivity contribution in [1.82, 2.24) is 5.32 Å². The second kappa shape index (κ2) is 13.8. The number of para-hydroxylation sites is 2. The summed E-state index contributed by atoms with van der Waals surface area (Å²) < 4.78 is 6.74. The summed E-state index contributed by atoms with van der Waals surface area (Å²) in [6.45, 7) is 1.85. The molecule has 0 fully saturated rings. The summed E-state index contributed by atoms with van der Waals surface area (Å²) in [5.41, 5.74) is 7.51. The number of phenolic OH excluding ortho intramolecular Hbond substituents is 1. The minimum atomic E-state index is -0.943. The lowest BCUT2D eigenvalue weighted by Crippen LogP contribution is -2.33. The molecule has 0 saturated heterocycles. The van der Waals surface area contributed by atoms with E-state index in [-0.39, 0.29) is 17.6 Å². The third kappa shape index (κ3) is 8.19. The van der Waals surface area contributed by atoms with Crippen LogP contribution in [0, 0.1) is 5.92 Å². The smallest absolute Gasteiger partial charge is 0.414 e. The number of anilines is 2. The van der Waals surface area contributed by atoms with Crippen LogP contribution in [0.25, 0.3) is 0 Å². The number of rotatable bonds is 9. The molecule has 198 valence electrons. The fourth-order valence-corrected chi connectivity index (χ4v) is 4.93. The molecule has 0 saturated carbocycles. The SMILES string of the molecule is C[C@@H](CC/C=C/C(=O)Nc1ccccc1N)[C@@H](OC(=O)NC(=O)c1ccccc1)c1cc(Br)cc(Br)c1O. The number of aromatic hydroxyl groups is 1. The molecule has 3 aromatic carbocycles. The molecule has 0 radical (unpaired) electrons. The van der Waals surface area contributed by atoms with Crippen LogP contribution in [0.5, 0.6) is 5.75 Å². The topological polar surface area (TPSA) is 131 Å². The average molecular weight is 645 g/mol. The molecular weight excluding hydrogens is 618 g/mol. The fourth-order valence-electron chi connectivity index (χ4n) is 3.67. The van der Waals surface area contributed by atoms with Gasteiger partial charge in [0.1, 0.15) is 11.9 Å². The van der Waals surface area contributed by atoms with Crippen molar-refractivity contribution in [2.45, 2.75) is 25.9 Å². The Morgan fingerprint density at radius 1 is 1.05 bits per heavy atom. The van der Waals surface area contributed by atoms with Crippen LogP contribution in [0.2, 0.25) is 0 Å². The predicted molar refractivity (Wildman–Crippen MR) is 154 cm³/mol. The highest BCUT2D eigenvalue weighted by Crippen LogP contribution is 2.40. The minimum absolute atomic E-state index is 0.0809. The molecule has 2 atom stereocenters. The lowest BCUT2D eigenvalue weighted by Gasteiger charge is -2.25. The average Bonchev–Trinajstić information content (AvgIpc) is 2.89. The zero-order valence-corrected chi connectivity index (χ0v) is 23.7. The number of carbonyl (C=O) groups is 3. The maximum absolute atomic E-state index is 12.7. The van der Waals surface area contributed by atoms with E-state index >= 15 is 0 Å². The van der Waals surface area contributed by atoms with E-state index in [9.17, 15) is 19.5 Å². The Bertz CT molecular complexity index is 1330. The van der Waals surface area contributed by atoms with Crippen molar-refractivity contribution in [3.05, 3.63) is 99.0 Å². The van der Waals surface area contributed by atoms with Crippen molar-refractivity contribution >= 4 is 61.1 Å². The molecule has 0 spiro atoms. The molecule has 38 heavy (non-hydrogen) atoms. The van der Waals surface area contributed by atoms with Crippen molar-refractivity contribution in [1.29, 1.82) is 0 Å². The maximum atomic E-state index is 12.7. The van der Waals surface area contributed by atoms with Crippen molar-refractivity contribution in [3.63, 3.8) is 0 Å². The number of amides is 3. The molecule has 5 N–H and O–H groups in total. The van der Waals surface area contributed by atoms with Gasteiger partial charge in [0.2, 0.25) is 5.91 Å². The van der Waals surface area contributed by atoms with Crippen molar-refractivity contribution in [3.8, 4) is 5.75 Å². The summed E-state index contributed by atoms with van der Waals surface area (Å²) in [7, 11) is 0. The third-order valence-corrected chi connectivity index (χ3v) is 6.71. The molecule has 0 unspecified atom stereocenters. The normalized spacial score (nSPS) is 12.5. The summed E-state index contributed by atoms with van der Waals surface area (Å²) in [4.78, 5) is 37.3. The van der Waals surface area contributed by atoms with Crippen molar-refractivity contribution in [2.75, 3.05) is 11.1 Å². The van der Waals surface area contributed by atoms with E-state index in [1.165, 1.54) is 6.08 Å². The monoisotopic (exact) mass is 643 g/mol. The first-order chi connectivity index (χ1) is 18.2. The van der Waals surface area contributed by atoms with Gasteiger partial charge in [0.05, 0.1) is 15.8 Å². The number of nitrogens with two attached hydrogens (primary N) is 1. The Kier molecular flexibility index (Phi) is 10.5. The molecule has 0 aliphatic carbocycles. The van der Waals surface area contributed by atoms with E-state index in [0.29, 0.717) is 44.3 Å². The van der Waals surface area contributed by atoms with Crippen LogP contribution in [0.1, 0.15) is 41.8 Å². The zero-order chi connectivity index (χ0) is 27.7. The summed E-state index contributed by atoms with van der Waals surface area (Å²) >= 11 is 6.71. The van der Waals surface area contributed by atoms with E-state index in [4.69, 9.17) is 10.5 Å². The van der Waals surface area contributed by atoms with E-state index in [1.54, 1.807) is 72.8 Å². The Hall–Kier alpha value is -3.63. The first kappa shape index (κ1) is 28.9. The van der Waals surface area contributed by atoms with Crippen molar-refractivity contribution < 1.29 is 24.2 Å². The van der Waals surface area contributed by atoms with Gasteiger partial charge in [-0.15, -0.1) is 0 Å². The molecule has 0 bridgehead atoms. The standard InChI is InChI=1S/C28H27Br2N3O5/c1-17(9-5-8-14-24(34)32-23-13-7-6-12-22(23)31)26(20-15-19(29)16-21(30)25(20)35)38-28(37)33-27(36)18-10-3-2-4-11-18/h2-4,6-8,10-17,26,35H,5,9,31H2,1H3,(H,32,34)(H,33,36,37)/b14-8+/t17-,26+/m0/s1. The van der Waals surface area contributed by atoms with Gasteiger partial charge >= 0.3 is 6.09 Å². The maximum Gasteiger partial charge on any atom is 0.414 e. The number of halogens is 2. The van der Waals surface area contributed by atoms with Crippen LogP contribution >= 0.6 is 31.9 Å². The van der Waals surface area contributed by atoms with Gasteiger partial charge in [-0.05, 0) is 77.2 Å². The highest BCUT2D eigenvalue weighted by molar-refractivity contribution is 9.11. The van der Waals surface area contributed by atoms with Gasteiger partial charge in [-0.25, -0.2) is 4.79 Å².